The first-order valence-corrected chi connectivity index (χ1v) is 7.04. The van der Waals surface area contributed by atoms with Crippen molar-refractivity contribution < 1.29 is 33.7 Å². The fourth-order valence-electron chi connectivity index (χ4n) is 1.83. The first kappa shape index (κ1) is 21.0. The maximum atomic E-state index is 11.1. The molecule has 11 heteroatoms. The molecule has 0 aromatic carbocycles. The van der Waals surface area contributed by atoms with Crippen LogP contribution in [0.1, 0.15) is 27.2 Å². The molecule has 0 aromatic heterocycles. The highest BCUT2D eigenvalue weighted by atomic mass is 35.5. The van der Waals surface area contributed by atoms with Crippen LogP contribution in [-0.4, -0.2) is 53.4 Å². The number of carbonyl (C=O) groups is 3. The number of nitrogens with zero attached hydrogens (tertiary/aromatic N) is 3. The number of halogens is 1. The molecular formula is C12H18ClN3O7. The van der Waals surface area contributed by atoms with Gasteiger partial charge in [0.25, 0.3) is 5.97 Å². The van der Waals surface area contributed by atoms with E-state index in [1.54, 1.807) is 0 Å². The Balaban J connectivity index is 0.00000108. The number of azide groups is 1. The van der Waals surface area contributed by atoms with Crippen LogP contribution in [0.15, 0.2) is 5.11 Å². The Hall–Kier alpha value is -2.03. The van der Waals surface area contributed by atoms with Gasteiger partial charge < -0.3 is 19.3 Å². The molecule has 1 heterocycles. The summed E-state index contributed by atoms with van der Waals surface area (Å²) in [7, 11) is 0. The lowest BCUT2D eigenvalue weighted by molar-refractivity contribution is -0.202. The summed E-state index contributed by atoms with van der Waals surface area (Å²) >= 11 is 5.73. The van der Waals surface area contributed by atoms with Crippen molar-refractivity contribution in [3.63, 3.8) is 0 Å². The van der Waals surface area contributed by atoms with Crippen molar-refractivity contribution in [2.45, 2.75) is 51.7 Å². The molecule has 0 bridgehead atoms. The number of carboxylic acids is 1. The minimum absolute atomic E-state index is 0.00710. The van der Waals surface area contributed by atoms with Crippen LogP contribution >= 0.6 is 11.6 Å². The summed E-state index contributed by atoms with van der Waals surface area (Å²) in [6.45, 7) is 3.55. The van der Waals surface area contributed by atoms with E-state index in [2.05, 4.69) is 10.0 Å². The monoisotopic (exact) mass is 351 g/mol. The third-order valence-electron chi connectivity index (χ3n) is 2.45. The van der Waals surface area contributed by atoms with Crippen LogP contribution in [0.25, 0.3) is 10.4 Å². The Kier molecular flexibility index (Phi) is 9.71. The molecule has 1 N–H and O–H groups in total. The van der Waals surface area contributed by atoms with Crippen LogP contribution in [0.3, 0.4) is 0 Å². The zero-order valence-corrected chi connectivity index (χ0v) is 13.6. The molecule has 0 radical (unpaired) electrons. The molecule has 4 atom stereocenters. The highest BCUT2D eigenvalue weighted by Gasteiger charge is 2.42. The van der Waals surface area contributed by atoms with Crippen molar-refractivity contribution in [3.05, 3.63) is 10.4 Å². The molecule has 1 saturated heterocycles. The van der Waals surface area contributed by atoms with Crippen molar-refractivity contribution in [2.75, 3.05) is 5.88 Å². The zero-order chi connectivity index (χ0) is 18.0. The van der Waals surface area contributed by atoms with Gasteiger partial charge in [-0.15, -0.1) is 11.6 Å². The summed E-state index contributed by atoms with van der Waals surface area (Å²) in [5, 5.41) is 10.8. The molecule has 0 aliphatic carbocycles. The van der Waals surface area contributed by atoms with E-state index in [-0.39, 0.29) is 12.3 Å². The first-order valence-electron chi connectivity index (χ1n) is 6.50. The molecule has 4 unspecified atom stereocenters. The number of hydrogen-bond acceptors (Lipinski definition) is 7. The average Bonchev–Trinajstić information content (AvgIpc) is 2.40. The first-order chi connectivity index (χ1) is 10.7. The second kappa shape index (κ2) is 10.7. The predicted octanol–water partition coefficient (Wildman–Crippen LogP) is 1.60. The lowest BCUT2D eigenvalue weighted by Gasteiger charge is -2.38. The molecule has 1 fully saturated rings. The lowest BCUT2D eigenvalue weighted by Crippen LogP contribution is -2.52. The topological polar surface area (TPSA) is 148 Å². The molecule has 130 valence electrons. The second-order valence-corrected chi connectivity index (χ2v) is 4.77. The summed E-state index contributed by atoms with van der Waals surface area (Å²) in [6.07, 6.45) is -2.99. The van der Waals surface area contributed by atoms with Crippen molar-refractivity contribution in [3.8, 4) is 0 Å². The highest BCUT2D eigenvalue weighted by molar-refractivity contribution is 6.18. The van der Waals surface area contributed by atoms with Crippen LogP contribution in [0.4, 0.5) is 0 Å². The molecule has 1 aliphatic heterocycles. The molecular weight excluding hydrogens is 334 g/mol. The Morgan fingerprint density at radius 3 is 2.22 bits per heavy atom. The summed E-state index contributed by atoms with van der Waals surface area (Å²) in [5.74, 6) is -1.90. The normalized spacial score (nSPS) is 25.9. The molecule has 0 spiro atoms. The average molecular weight is 352 g/mol. The van der Waals surface area contributed by atoms with Crippen LogP contribution in [0, 0.1) is 0 Å². The molecule has 0 saturated carbocycles. The van der Waals surface area contributed by atoms with Gasteiger partial charge >= 0.3 is 11.9 Å². The van der Waals surface area contributed by atoms with Gasteiger partial charge in [0.15, 0.2) is 6.10 Å². The molecule has 1 aliphatic rings. The molecule has 10 nitrogen and oxygen atoms in total. The van der Waals surface area contributed by atoms with Gasteiger partial charge in [0.2, 0.25) is 0 Å². The van der Waals surface area contributed by atoms with E-state index in [0.29, 0.717) is 0 Å². The molecule has 23 heavy (non-hydrogen) atoms. The van der Waals surface area contributed by atoms with Crippen molar-refractivity contribution in [1.82, 2.24) is 0 Å². The van der Waals surface area contributed by atoms with E-state index in [1.165, 1.54) is 13.8 Å². The molecule has 1 rings (SSSR count). The molecule has 0 amide bonds. The largest absolute Gasteiger partial charge is 0.481 e. The van der Waals surface area contributed by atoms with Gasteiger partial charge in [0.05, 0.1) is 5.88 Å². The SMILES string of the molecule is CC(=O)O.CC(=O)OC1CC(N=[N+]=[N-])OC(CCl)C1OC(C)=O. The predicted molar refractivity (Wildman–Crippen MR) is 77.6 cm³/mol. The van der Waals surface area contributed by atoms with Crippen LogP contribution < -0.4 is 0 Å². The van der Waals surface area contributed by atoms with Gasteiger partial charge in [-0.2, -0.15) is 0 Å². The summed E-state index contributed by atoms with van der Waals surface area (Å²) < 4.78 is 15.5. The number of aliphatic carboxylic acids is 1. The van der Waals surface area contributed by atoms with E-state index >= 15 is 0 Å². The van der Waals surface area contributed by atoms with Crippen molar-refractivity contribution in [2.24, 2.45) is 5.11 Å². The van der Waals surface area contributed by atoms with E-state index in [1.807, 2.05) is 0 Å². The number of carbonyl (C=O) groups excluding carboxylic acids is 2. The minimum atomic E-state index is -0.833. The van der Waals surface area contributed by atoms with Crippen molar-refractivity contribution >= 4 is 29.5 Å². The van der Waals surface area contributed by atoms with Gasteiger partial charge in [0, 0.05) is 32.1 Å². The van der Waals surface area contributed by atoms with E-state index < -0.39 is 42.4 Å². The smallest absolute Gasteiger partial charge is 0.303 e. The Labute approximate surface area is 137 Å². The summed E-state index contributed by atoms with van der Waals surface area (Å²) in [6, 6.07) is 0. The van der Waals surface area contributed by atoms with E-state index in [0.717, 1.165) is 6.92 Å². The van der Waals surface area contributed by atoms with Crippen LogP contribution in [-0.2, 0) is 28.6 Å². The standard InChI is InChI=1S/C10H14ClN3O5.C2H4O2/c1-5(15)17-7-3-9(13-14-12)19-8(4-11)10(7)18-6(2)16;1-2(3)4/h7-10H,3-4H2,1-2H3;1H3,(H,3,4). The fraction of sp³-hybridized carbons (Fsp3) is 0.750. The van der Waals surface area contributed by atoms with Gasteiger partial charge in [-0.3, -0.25) is 14.4 Å². The number of ether oxygens (including phenoxy) is 3. The van der Waals surface area contributed by atoms with E-state index in [9.17, 15) is 9.59 Å². The quantitative estimate of drug-likeness (QED) is 0.266. The third-order valence-corrected chi connectivity index (χ3v) is 2.75. The Morgan fingerprint density at radius 2 is 1.83 bits per heavy atom. The summed E-state index contributed by atoms with van der Waals surface area (Å²) in [4.78, 5) is 33.8. The molecule has 0 aromatic rings. The van der Waals surface area contributed by atoms with Gasteiger partial charge in [0.1, 0.15) is 18.4 Å². The fourth-order valence-corrected chi connectivity index (χ4v) is 2.08. The number of rotatable bonds is 4. The number of carboxylic acid groups (broad SMARTS) is 1. The number of esters is 2. The Bertz CT molecular complexity index is 477. The summed E-state index contributed by atoms with van der Waals surface area (Å²) in [5.41, 5.74) is 8.41. The van der Waals surface area contributed by atoms with Gasteiger partial charge in [-0.25, -0.2) is 0 Å². The zero-order valence-electron chi connectivity index (χ0n) is 12.8. The number of alkyl halides is 1. The maximum Gasteiger partial charge on any atom is 0.303 e. The Morgan fingerprint density at radius 1 is 1.30 bits per heavy atom. The number of hydrogen-bond donors (Lipinski definition) is 1. The maximum absolute atomic E-state index is 11.1. The van der Waals surface area contributed by atoms with Crippen molar-refractivity contribution in [1.29, 1.82) is 0 Å². The van der Waals surface area contributed by atoms with Gasteiger partial charge in [-0.05, 0) is 5.53 Å². The second-order valence-electron chi connectivity index (χ2n) is 4.47. The highest BCUT2D eigenvalue weighted by Crippen LogP contribution is 2.27. The van der Waals surface area contributed by atoms with Gasteiger partial charge in [-0.1, -0.05) is 5.11 Å². The van der Waals surface area contributed by atoms with E-state index in [4.69, 9.17) is 41.2 Å². The minimum Gasteiger partial charge on any atom is -0.481 e. The lowest BCUT2D eigenvalue weighted by atomic mass is 10.0. The van der Waals surface area contributed by atoms with Crippen LogP contribution in [0.5, 0.6) is 0 Å². The third kappa shape index (κ3) is 8.87. The van der Waals surface area contributed by atoms with Crippen LogP contribution in [0.2, 0.25) is 0 Å².